The fraction of sp³-hybridized carbons (Fsp3) is 0.636. The zero-order valence-corrected chi connectivity index (χ0v) is 10.8. The van der Waals surface area contributed by atoms with Gasteiger partial charge in [0.1, 0.15) is 11.6 Å². The van der Waals surface area contributed by atoms with Gasteiger partial charge in [0.2, 0.25) is 0 Å². The monoisotopic (exact) mass is 238 g/mol. The second-order valence-electron chi connectivity index (χ2n) is 4.03. The summed E-state index contributed by atoms with van der Waals surface area (Å²) in [6.07, 6.45) is 4.51. The maximum atomic E-state index is 4.45. The van der Waals surface area contributed by atoms with Gasteiger partial charge in [0, 0.05) is 19.2 Å². The minimum atomic E-state index is 0.610. The van der Waals surface area contributed by atoms with Crippen molar-refractivity contribution in [3.63, 3.8) is 0 Å². The summed E-state index contributed by atoms with van der Waals surface area (Å²) in [6.45, 7) is 2.23. The van der Waals surface area contributed by atoms with E-state index in [0.717, 1.165) is 22.7 Å². The van der Waals surface area contributed by atoms with E-state index in [1.807, 2.05) is 19.4 Å². The molecule has 0 spiro atoms. The summed E-state index contributed by atoms with van der Waals surface area (Å²) in [5.74, 6) is 2.63. The van der Waals surface area contributed by atoms with Crippen LogP contribution in [0, 0.1) is 5.92 Å². The van der Waals surface area contributed by atoms with Crippen LogP contribution >= 0.6 is 11.8 Å². The summed E-state index contributed by atoms with van der Waals surface area (Å²) < 4.78 is 0. The topological polar surface area (TPSA) is 49.8 Å². The van der Waals surface area contributed by atoms with E-state index in [-0.39, 0.29) is 0 Å². The molecule has 1 aromatic heterocycles. The van der Waals surface area contributed by atoms with Crippen molar-refractivity contribution < 1.29 is 0 Å². The van der Waals surface area contributed by atoms with Crippen molar-refractivity contribution in [2.24, 2.45) is 5.92 Å². The third-order valence-electron chi connectivity index (χ3n) is 2.92. The van der Waals surface area contributed by atoms with E-state index >= 15 is 0 Å². The van der Waals surface area contributed by atoms with Crippen molar-refractivity contribution in [3.05, 3.63) is 6.07 Å². The molecular formula is C11H18N4S. The molecule has 0 bridgehead atoms. The van der Waals surface area contributed by atoms with Crippen molar-refractivity contribution in [2.75, 3.05) is 23.9 Å². The van der Waals surface area contributed by atoms with Crippen LogP contribution in [-0.2, 0) is 0 Å². The van der Waals surface area contributed by atoms with Gasteiger partial charge in [-0.05, 0) is 18.6 Å². The van der Waals surface area contributed by atoms with Gasteiger partial charge in [-0.1, -0.05) is 25.1 Å². The summed E-state index contributed by atoms with van der Waals surface area (Å²) in [6, 6.07) is 2.57. The summed E-state index contributed by atoms with van der Waals surface area (Å²) in [4.78, 5) is 8.79. The minimum Gasteiger partial charge on any atom is -0.373 e. The summed E-state index contributed by atoms with van der Waals surface area (Å²) in [5.41, 5.74) is 0. The number of rotatable bonds is 5. The lowest BCUT2D eigenvalue weighted by atomic mass is 10.3. The van der Waals surface area contributed by atoms with Gasteiger partial charge in [-0.25, -0.2) is 9.97 Å². The molecule has 88 valence electrons. The smallest absolute Gasteiger partial charge is 0.191 e. The second-order valence-corrected chi connectivity index (χ2v) is 4.80. The molecule has 16 heavy (non-hydrogen) atoms. The van der Waals surface area contributed by atoms with Crippen LogP contribution in [0.4, 0.5) is 11.6 Å². The predicted molar refractivity (Wildman–Crippen MR) is 69.2 cm³/mol. The molecule has 1 fully saturated rings. The quantitative estimate of drug-likeness (QED) is 0.609. The molecule has 1 aliphatic carbocycles. The molecule has 1 aliphatic rings. The summed E-state index contributed by atoms with van der Waals surface area (Å²) in [5, 5.41) is 7.33. The molecule has 2 rings (SSSR count). The van der Waals surface area contributed by atoms with E-state index in [1.165, 1.54) is 12.8 Å². The average Bonchev–Trinajstić information content (AvgIpc) is 3.06. The number of anilines is 2. The van der Waals surface area contributed by atoms with Crippen LogP contribution in [0.5, 0.6) is 0 Å². The lowest BCUT2D eigenvalue weighted by Gasteiger charge is -2.08. The number of thioether (sulfide) groups is 1. The van der Waals surface area contributed by atoms with Gasteiger partial charge in [0.25, 0.3) is 0 Å². The Balaban J connectivity index is 2.08. The predicted octanol–water partition coefficient (Wildman–Crippen LogP) is 2.45. The van der Waals surface area contributed by atoms with E-state index in [2.05, 4.69) is 27.5 Å². The van der Waals surface area contributed by atoms with Crippen molar-refractivity contribution in [2.45, 2.75) is 31.0 Å². The first-order valence-electron chi connectivity index (χ1n) is 5.64. The largest absolute Gasteiger partial charge is 0.373 e. The van der Waals surface area contributed by atoms with Gasteiger partial charge < -0.3 is 10.6 Å². The van der Waals surface area contributed by atoms with Crippen LogP contribution in [-0.4, -0.2) is 29.3 Å². The van der Waals surface area contributed by atoms with Crippen LogP contribution in [0.1, 0.15) is 19.8 Å². The number of nitrogens with zero attached hydrogens (tertiary/aromatic N) is 2. The first-order valence-corrected chi connectivity index (χ1v) is 6.86. The Morgan fingerprint density at radius 2 is 2.19 bits per heavy atom. The maximum Gasteiger partial charge on any atom is 0.191 e. The van der Waals surface area contributed by atoms with Gasteiger partial charge >= 0.3 is 0 Å². The van der Waals surface area contributed by atoms with Gasteiger partial charge in [-0.15, -0.1) is 0 Å². The number of hydrogen-bond donors (Lipinski definition) is 2. The van der Waals surface area contributed by atoms with Crippen LogP contribution in [0.15, 0.2) is 11.2 Å². The molecule has 4 nitrogen and oxygen atoms in total. The molecule has 2 unspecified atom stereocenters. The lowest BCUT2D eigenvalue weighted by Crippen LogP contribution is -2.08. The van der Waals surface area contributed by atoms with E-state index in [1.54, 1.807) is 11.8 Å². The molecular weight excluding hydrogens is 220 g/mol. The lowest BCUT2D eigenvalue weighted by molar-refractivity contribution is 0.772. The average molecular weight is 238 g/mol. The Hall–Kier alpha value is -0.970. The summed E-state index contributed by atoms with van der Waals surface area (Å²) >= 11 is 1.56. The van der Waals surface area contributed by atoms with E-state index in [0.29, 0.717) is 6.04 Å². The second kappa shape index (κ2) is 4.91. The molecule has 5 heteroatoms. The van der Waals surface area contributed by atoms with Gasteiger partial charge in [0.05, 0.1) is 0 Å². The number of nitrogens with one attached hydrogen (secondary N) is 2. The molecule has 2 atom stereocenters. The summed E-state index contributed by atoms with van der Waals surface area (Å²) in [7, 11) is 1.88. The van der Waals surface area contributed by atoms with Gasteiger partial charge in [-0.3, -0.25) is 0 Å². The molecule has 1 aromatic rings. The molecule has 0 amide bonds. The zero-order chi connectivity index (χ0) is 11.5. The normalized spacial score (nSPS) is 22.9. The Kier molecular flexibility index (Phi) is 3.53. The molecule has 0 saturated heterocycles. The Morgan fingerprint density at radius 1 is 1.44 bits per heavy atom. The first-order chi connectivity index (χ1) is 7.76. The van der Waals surface area contributed by atoms with Crippen LogP contribution in [0.3, 0.4) is 0 Å². The molecule has 0 aromatic carbocycles. The molecule has 1 heterocycles. The Morgan fingerprint density at radius 3 is 2.75 bits per heavy atom. The SMILES string of the molecule is CCC1CC1Nc1cc(NC)nc(SC)n1. The van der Waals surface area contributed by atoms with E-state index in [9.17, 15) is 0 Å². The van der Waals surface area contributed by atoms with E-state index < -0.39 is 0 Å². The van der Waals surface area contributed by atoms with Crippen molar-refractivity contribution in [3.8, 4) is 0 Å². The van der Waals surface area contributed by atoms with Crippen LogP contribution < -0.4 is 10.6 Å². The van der Waals surface area contributed by atoms with Crippen molar-refractivity contribution in [1.29, 1.82) is 0 Å². The highest BCUT2D eigenvalue weighted by molar-refractivity contribution is 7.98. The van der Waals surface area contributed by atoms with Crippen molar-refractivity contribution >= 4 is 23.4 Å². The number of aromatic nitrogens is 2. The molecule has 0 aliphatic heterocycles. The highest BCUT2D eigenvalue weighted by Crippen LogP contribution is 2.36. The molecule has 1 saturated carbocycles. The van der Waals surface area contributed by atoms with Gasteiger partial charge in [-0.2, -0.15) is 0 Å². The van der Waals surface area contributed by atoms with Gasteiger partial charge in [0.15, 0.2) is 5.16 Å². The fourth-order valence-electron chi connectivity index (χ4n) is 1.78. The fourth-order valence-corrected chi connectivity index (χ4v) is 2.16. The van der Waals surface area contributed by atoms with Crippen LogP contribution in [0.2, 0.25) is 0 Å². The first kappa shape index (κ1) is 11.5. The van der Waals surface area contributed by atoms with Crippen molar-refractivity contribution in [1.82, 2.24) is 9.97 Å². The molecule has 0 radical (unpaired) electrons. The zero-order valence-electron chi connectivity index (χ0n) is 9.95. The van der Waals surface area contributed by atoms with Crippen LogP contribution in [0.25, 0.3) is 0 Å². The Bertz CT molecular complexity index is 347. The highest BCUT2D eigenvalue weighted by atomic mass is 32.2. The maximum absolute atomic E-state index is 4.45. The Labute approximate surface area is 101 Å². The third-order valence-corrected chi connectivity index (χ3v) is 3.47. The third kappa shape index (κ3) is 2.58. The highest BCUT2D eigenvalue weighted by Gasteiger charge is 2.35. The minimum absolute atomic E-state index is 0.610. The number of hydrogen-bond acceptors (Lipinski definition) is 5. The van der Waals surface area contributed by atoms with E-state index in [4.69, 9.17) is 0 Å². The molecule has 2 N–H and O–H groups in total. The standard InChI is InChI=1S/C11H18N4S/c1-4-7-5-8(7)13-10-6-9(12-2)14-11(15-10)16-3/h6-8H,4-5H2,1-3H3,(H2,12,13,14,15).